The van der Waals surface area contributed by atoms with Gasteiger partial charge in [0.25, 0.3) is 0 Å². The predicted octanol–water partition coefficient (Wildman–Crippen LogP) is 2.89. The van der Waals surface area contributed by atoms with E-state index in [0.29, 0.717) is 12.2 Å². The quantitative estimate of drug-likeness (QED) is 0.783. The van der Waals surface area contributed by atoms with E-state index in [4.69, 9.17) is 11.6 Å². The van der Waals surface area contributed by atoms with Gasteiger partial charge >= 0.3 is 0 Å². The maximum absolute atomic E-state index is 11.5. The van der Waals surface area contributed by atoms with Gasteiger partial charge in [-0.05, 0) is 48.3 Å². The molecule has 1 aromatic rings. The van der Waals surface area contributed by atoms with E-state index in [0.717, 1.165) is 12.0 Å². The highest BCUT2D eigenvalue weighted by atomic mass is 35.5. The average Bonchev–Trinajstić information content (AvgIpc) is 2.93. The van der Waals surface area contributed by atoms with Crippen molar-refractivity contribution in [2.75, 3.05) is 11.5 Å². The minimum Gasteiger partial charge on any atom is -0.229 e. The third-order valence-electron chi connectivity index (χ3n) is 4.12. The van der Waals surface area contributed by atoms with Gasteiger partial charge in [-0.15, -0.1) is 11.6 Å². The van der Waals surface area contributed by atoms with Crippen LogP contribution in [-0.4, -0.2) is 19.9 Å². The van der Waals surface area contributed by atoms with Crippen LogP contribution >= 0.6 is 11.6 Å². The number of halogens is 1. The molecule has 0 spiro atoms. The molecule has 1 saturated heterocycles. The highest BCUT2D eigenvalue weighted by Gasteiger charge is 2.33. The van der Waals surface area contributed by atoms with E-state index in [-0.39, 0.29) is 17.0 Å². The molecule has 0 bridgehead atoms. The second kappa shape index (κ2) is 4.53. The molecule has 0 radical (unpaired) electrons. The van der Waals surface area contributed by atoms with Gasteiger partial charge in [0, 0.05) is 0 Å². The van der Waals surface area contributed by atoms with Gasteiger partial charge in [0.1, 0.15) is 0 Å². The summed E-state index contributed by atoms with van der Waals surface area (Å²) in [7, 11) is -2.84. The van der Waals surface area contributed by atoms with E-state index in [1.807, 2.05) is 0 Å². The maximum atomic E-state index is 11.5. The number of benzene rings is 1. The SMILES string of the molecule is O=S1(=O)CCC(C(Cl)c2ccc3c(c2)CCC3)C1. The summed E-state index contributed by atoms with van der Waals surface area (Å²) in [6.07, 6.45) is 4.23. The van der Waals surface area contributed by atoms with Crippen molar-refractivity contribution >= 4 is 21.4 Å². The summed E-state index contributed by atoms with van der Waals surface area (Å²) in [5, 5.41) is -0.159. The Morgan fingerprint density at radius 3 is 2.72 bits per heavy atom. The topological polar surface area (TPSA) is 34.1 Å². The van der Waals surface area contributed by atoms with Gasteiger partial charge < -0.3 is 0 Å². The lowest BCUT2D eigenvalue weighted by molar-refractivity contribution is 0.568. The van der Waals surface area contributed by atoms with Gasteiger partial charge in [-0.2, -0.15) is 0 Å². The van der Waals surface area contributed by atoms with Gasteiger partial charge in [0.2, 0.25) is 0 Å². The van der Waals surface area contributed by atoms with Crippen molar-refractivity contribution in [1.82, 2.24) is 0 Å². The highest BCUT2D eigenvalue weighted by molar-refractivity contribution is 7.91. The summed E-state index contributed by atoms with van der Waals surface area (Å²) < 4.78 is 23.0. The smallest absolute Gasteiger partial charge is 0.150 e. The molecule has 2 unspecified atom stereocenters. The van der Waals surface area contributed by atoms with Crippen molar-refractivity contribution in [3.8, 4) is 0 Å². The molecule has 1 fully saturated rings. The van der Waals surface area contributed by atoms with Crippen molar-refractivity contribution in [1.29, 1.82) is 0 Å². The Morgan fingerprint density at radius 2 is 2.00 bits per heavy atom. The number of hydrogen-bond donors (Lipinski definition) is 0. The Bertz CT molecular complexity index is 565. The predicted molar refractivity (Wildman–Crippen MR) is 73.8 cm³/mol. The van der Waals surface area contributed by atoms with Crippen LogP contribution in [0.3, 0.4) is 0 Å². The lowest BCUT2D eigenvalue weighted by Gasteiger charge is -2.17. The number of aryl methyl sites for hydroxylation is 2. The molecule has 4 heteroatoms. The second-order valence-electron chi connectivity index (χ2n) is 5.45. The van der Waals surface area contributed by atoms with Gasteiger partial charge in [-0.25, -0.2) is 8.42 Å². The van der Waals surface area contributed by atoms with E-state index >= 15 is 0 Å². The number of rotatable bonds is 2. The molecule has 2 aliphatic rings. The minimum atomic E-state index is -2.84. The summed E-state index contributed by atoms with van der Waals surface area (Å²) in [5.74, 6) is 0.625. The monoisotopic (exact) mass is 284 g/mol. The first-order valence-corrected chi connectivity index (χ1v) is 8.77. The Hall–Kier alpha value is -0.540. The molecule has 18 heavy (non-hydrogen) atoms. The lowest BCUT2D eigenvalue weighted by Crippen LogP contribution is -2.10. The second-order valence-corrected chi connectivity index (χ2v) is 8.15. The molecule has 2 nitrogen and oxygen atoms in total. The van der Waals surface area contributed by atoms with Crippen molar-refractivity contribution in [3.63, 3.8) is 0 Å². The molecular weight excluding hydrogens is 268 g/mol. The van der Waals surface area contributed by atoms with E-state index in [2.05, 4.69) is 18.2 Å². The van der Waals surface area contributed by atoms with Crippen LogP contribution < -0.4 is 0 Å². The molecular formula is C14H17ClO2S. The summed E-state index contributed by atoms with van der Waals surface area (Å²) in [5.41, 5.74) is 3.93. The molecule has 98 valence electrons. The van der Waals surface area contributed by atoms with Crippen LogP contribution in [0.25, 0.3) is 0 Å². The fourth-order valence-corrected chi connectivity index (χ4v) is 5.39. The first kappa shape index (κ1) is 12.5. The Labute approximate surface area is 113 Å². The molecule has 1 heterocycles. The van der Waals surface area contributed by atoms with Crippen LogP contribution in [0.4, 0.5) is 0 Å². The molecule has 0 aromatic heterocycles. The standard InChI is InChI=1S/C14H17ClO2S/c15-14(13-6-7-18(16,17)9-13)12-5-4-10-2-1-3-11(10)8-12/h4-5,8,13-14H,1-3,6-7,9H2. The van der Waals surface area contributed by atoms with Crippen molar-refractivity contribution in [2.45, 2.75) is 31.1 Å². The summed E-state index contributed by atoms with van der Waals surface area (Å²) in [6.45, 7) is 0. The third-order valence-corrected chi connectivity index (χ3v) is 6.52. The molecule has 2 atom stereocenters. The van der Waals surface area contributed by atoms with Gasteiger partial charge in [0.15, 0.2) is 9.84 Å². The molecule has 3 rings (SSSR count). The number of sulfone groups is 1. The third kappa shape index (κ3) is 2.30. The van der Waals surface area contributed by atoms with E-state index in [9.17, 15) is 8.42 Å². The van der Waals surface area contributed by atoms with E-state index in [1.165, 1.54) is 24.0 Å². The van der Waals surface area contributed by atoms with Crippen LogP contribution in [0.15, 0.2) is 18.2 Å². The van der Waals surface area contributed by atoms with Crippen molar-refractivity contribution in [3.05, 3.63) is 34.9 Å². The molecule has 0 saturated carbocycles. The zero-order chi connectivity index (χ0) is 12.8. The fourth-order valence-electron chi connectivity index (χ4n) is 3.09. The summed E-state index contributed by atoms with van der Waals surface area (Å²) >= 11 is 6.48. The molecule has 1 aromatic carbocycles. The average molecular weight is 285 g/mol. The fraction of sp³-hybridized carbons (Fsp3) is 0.571. The highest BCUT2D eigenvalue weighted by Crippen LogP contribution is 2.37. The normalized spacial score (nSPS) is 27.1. The first-order chi connectivity index (χ1) is 8.55. The Kier molecular flexibility index (Phi) is 3.15. The van der Waals surface area contributed by atoms with Gasteiger partial charge in [-0.3, -0.25) is 0 Å². The molecule has 1 aliphatic heterocycles. The van der Waals surface area contributed by atoms with Crippen LogP contribution in [0.5, 0.6) is 0 Å². The minimum absolute atomic E-state index is 0.0797. The van der Waals surface area contributed by atoms with Crippen molar-refractivity contribution in [2.24, 2.45) is 5.92 Å². The largest absolute Gasteiger partial charge is 0.229 e. The van der Waals surface area contributed by atoms with E-state index in [1.54, 1.807) is 0 Å². The van der Waals surface area contributed by atoms with E-state index < -0.39 is 9.84 Å². The van der Waals surface area contributed by atoms with Gasteiger partial charge in [0.05, 0.1) is 16.9 Å². The number of hydrogen-bond acceptors (Lipinski definition) is 2. The Balaban J connectivity index is 1.83. The summed E-state index contributed by atoms with van der Waals surface area (Å²) in [4.78, 5) is 0. The first-order valence-electron chi connectivity index (χ1n) is 6.51. The molecule has 0 N–H and O–H groups in total. The van der Waals surface area contributed by atoms with Crippen LogP contribution in [0.1, 0.15) is 34.9 Å². The zero-order valence-corrected chi connectivity index (χ0v) is 11.8. The lowest BCUT2D eigenvalue weighted by atomic mass is 9.96. The van der Waals surface area contributed by atoms with Crippen LogP contribution in [-0.2, 0) is 22.7 Å². The molecule has 0 amide bonds. The number of alkyl halides is 1. The Morgan fingerprint density at radius 1 is 1.22 bits per heavy atom. The summed E-state index contributed by atoms with van der Waals surface area (Å²) in [6, 6.07) is 6.42. The maximum Gasteiger partial charge on any atom is 0.150 e. The molecule has 1 aliphatic carbocycles. The van der Waals surface area contributed by atoms with Crippen molar-refractivity contribution < 1.29 is 8.42 Å². The number of fused-ring (bicyclic) bond motifs is 1. The zero-order valence-electron chi connectivity index (χ0n) is 10.2. The van der Waals surface area contributed by atoms with Crippen LogP contribution in [0, 0.1) is 5.92 Å². The van der Waals surface area contributed by atoms with Gasteiger partial charge in [-0.1, -0.05) is 18.2 Å². The van der Waals surface area contributed by atoms with Crippen LogP contribution in [0.2, 0.25) is 0 Å².